The number of halogens is 2. The number of carbonyl (C=O) groups excluding carboxylic acids is 1. The number of carbonyl (C=O) groups is 1. The van der Waals surface area contributed by atoms with Gasteiger partial charge in [-0.3, -0.25) is 14.6 Å². The van der Waals surface area contributed by atoms with Crippen molar-refractivity contribution >= 4 is 28.5 Å². The molecule has 160 valence electrons. The van der Waals surface area contributed by atoms with Gasteiger partial charge in [-0.05, 0) is 41.8 Å². The van der Waals surface area contributed by atoms with Crippen molar-refractivity contribution in [1.82, 2.24) is 14.3 Å². The number of alkyl halides is 2. The Morgan fingerprint density at radius 2 is 2.13 bits per heavy atom. The highest BCUT2D eigenvalue weighted by Gasteiger charge is 2.28. The van der Waals surface area contributed by atoms with Crippen molar-refractivity contribution in [2.45, 2.75) is 49.5 Å². The third-order valence-electron chi connectivity index (χ3n) is 5.76. The van der Waals surface area contributed by atoms with Crippen LogP contribution in [0.2, 0.25) is 0 Å². The summed E-state index contributed by atoms with van der Waals surface area (Å²) in [5, 5.41) is 2.69. The average molecular weight is 434 g/mol. The Labute approximate surface area is 176 Å². The van der Waals surface area contributed by atoms with Gasteiger partial charge in [0, 0.05) is 36.7 Å². The molecule has 9 heteroatoms. The highest BCUT2D eigenvalue weighted by atomic mass is 32.2. The lowest BCUT2D eigenvalue weighted by atomic mass is 9.84. The van der Waals surface area contributed by atoms with Crippen LogP contribution in [0, 0.1) is 10.7 Å². The standard InChI is InChI=1S/C21H25F2N5OS/c1-28-12-18-15(7-8-16(27-30(18)24)13-5-3-2-4-6-13)19(28)21(29)26-14-9-10-25-17(11-14)20(22)23/h7-13,16,20H,2-6H2,1H3,(H2,24,27)(H,25,26,29). The number of nitrogens with zero attached hydrogens (tertiary/aromatic N) is 2. The Kier molecular flexibility index (Phi) is 6.10. The molecular formula is C21H25F2N5OS. The molecule has 3 heterocycles. The molecule has 2 aromatic rings. The third kappa shape index (κ3) is 4.22. The molecule has 0 saturated heterocycles. The van der Waals surface area contributed by atoms with Gasteiger partial charge >= 0.3 is 0 Å². The van der Waals surface area contributed by atoms with Crippen molar-refractivity contribution in [3.8, 4) is 0 Å². The number of aryl methyl sites for hydroxylation is 1. The highest BCUT2D eigenvalue weighted by molar-refractivity contribution is 7.84. The van der Waals surface area contributed by atoms with Crippen LogP contribution in [-0.4, -0.2) is 21.5 Å². The topological polar surface area (TPSA) is 82.8 Å². The van der Waals surface area contributed by atoms with Crippen LogP contribution in [0.15, 0.2) is 35.5 Å². The summed E-state index contributed by atoms with van der Waals surface area (Å²) < 4.78 is 39.6. The molecule has 6 nitrogen and oxygen atoms in total. The second kappa shape index (κ2) is 8.77. The number of fused-ring (bicyclic) bond motifs is 1. The maximum absolute atomic E-state index is 13.0. The molecule has 1 fully saturated rings. The van der Waals surface area contributed by atoms with Gasteiger partial charge in [-0.1, -0.05) is 31.4 Å². The van der Waals surface area contributed by atoms with Gasteiger partial charge in [0.2, 0.25) is 0 Å². The molecule has 0 bridgehead atoms. The molecule has 2 unspecified atom stereocenters. The van der Waals surface area contributed by atoms with E-state index in [1.807, 2.05) is 6.08 Å². The number of anilines is 1. The number of hydrogen-bond acceptors (Lipinski definition) is 3. The first-order valence-electron chi connectivity index (χ1n) is 10.1. The fourth-order valence-electron chi connectivity index (χ4n) is 4.24. The van der Waals surface area contributed by atoms with Crippen molar-refractivity contribution < 1.29 is 13.6 Å². The summed E-state index contributed by atoms with van der Waals surface area (Å²) in [5.41, 5.74) is 1.00. The van der Waals surface area contributed by atoms with Gasteiger partial charge in [0.1, 0.15) is 11.4 Å². The smallest absolute Gasteiger partial charge is 0.280 e. The number of hydrogen-bond donors (Lipinski definition) is 3. The predicted molar refractivity (Wildman–Crippen MR) is 113 cm³/mol. The van der Waals surface area contributed by atoms with Crippen LogP contribution in [0.25, 0.3) is 6.08 Å². The molecule has 1 saturated carbocycles. The Hall–Kier alpha value is -2.39. The lowest BCUT2D eigenvalue weighted by molar-refractivity contribution is 0.101. The molecular weight excluding hydrogens is 408 g/mol. The molecule has 3 N–H and O–H groups in total. The van der Waals surface area contributed by atoms with Crippen molar-refractivity contribution in [2.75, 3.05) is 5.32 Å². The van der Waals surface area contributed by atoms with Crippen LogP contribution < -0.4 is 10.0 Å². The summed E-state index contributed by atoms with van der Waals surface area (Å²) in [6, 6.07) is 2.78. The highest BCUT2D eigenvalue weighted by Crippen LogP contribution is 2.32. The Morgan fingerprint density at radius 1 is 1.37 bits per heavy atom. The number of nitrogens with one attached hydrogen (secondary N) is 3. The van der Waals surface area contributed by atoms with Crippen molar-refractivity contribution in [1.29, 1.82) is 4.78 Å². The lowest BCUT2D eigenvalue weighted by Crippen LogP contribution is -2.35. The van der Waals surface area contributed by atoms with Gasteiger partial charge < -0.3 is 9.88 Å². The molecule has 2 atom stereocenters. The van der Waals surface area contributed by atoms with E-state index in [1.165, 1.54) is 37.6 Å². The molecule has 30 heavy (non-hydrogen) atoms. The second-order valence-corrected chi connectivity index (χ2v) is 9.09. The minimum atomic E-state index is -2.70. The van der Waals surface area contributed by atoms with E-state index in [0.717, 1.165) is 17.7 Å². The molecule has 0 radical (unpaired) electrons. The van der Waals surface area contributed by atoms with E-state index in [4.69, 9.17) is 4.78 Å². The fourth-order valence-corrected chi connectivity index (χ4v) is 5.56. The zero-order chi connectivity index (χ0) is 21.3. The van der Waals surface area contributed by atoms with Crippen LogP contribution >= 0.6 is 0 Å². The van der Waals surface area contributed by atoms with Crippen molar-refractivity contribution in [2.24, 2.45) is 13.0 Å². The van der Waals surface area contributed by atoms with E-state index in [-0.39, 0.29) is 17.4 Å². The predicted octanol–water partition coefficient (Wildman–Crippen LogP) is 4.83. The molecule has 2 aromatic heterocycles. The monoisotopic (exact) mass is 433 g/mol. The summed E-state index contributed by atoms with van der Waals surface area (Å²) in [7, 11) is 0.805. The SMILES string of the molecule is Cn1cc2c(c1C(=O)Nc1ccnc(C(F)F)c1)C=CC(C1CCCCC1)NS2=N. The molecule has 4 rings (SSSR count). The third-order valence-corrected chi connectivity index (χ3v) is 7.04. The van der Waals surface area contributed by atoms with Gasteiger partial charge in [0.05, 0.1) is 4.90 Å². The largest absolute Gasteiger partial charge is 0.345 e. The number of rotatable bonds is 4. The van der Waals surface area contributed by atoms with Crippen molar-refractivity contribution in [3.05, 3.63) is 47.6 Å². The summed E-state index contributed by atoms with van der Waals surface area (Å²) >= 11 is 0. The van der Waals surface area contributed by atoms with E-state index in [0.29, 0.717) is 17.2 Å². The minimum Gasteiger partial charge on any atom is -0.345 e. The fraction of sp³-hybridized carbons (Fsp3) is 0.429. The van der Waals surface area contributed by atoms with E-state index < -0.39 is 23.2 Å². The van der Waals surface area contributed by atoms with Crippen LogP contribution in [0.3, 0.4) is 0 Å². The van der Waals surface area contributed by atoms with Crippen molar-refractivity contribution in [3.63, 3.8) is 0 Å². The molecule has 0 aromatic carbocycles. The minimum absolute atomic E-state index is 0.119. The van der Waals surface area contributed by atoms with Crippen LogP contribution in [0.1, 0.15) is 60.3 Å². The Morgan fingerprint density at radius 3 is 2.87 bits per heavy atom. The van der Waals surface area contributed by atoms with Crippen LogP contribution in [-0.2, 0) is 17.9 Å². The van der Waals surface area contributed by atoms with Gasteiger partial charge in [-0.15, -0.1) is 0 Å². The van der Waals surface area contributed by atoms with Crippen LogP contribution in [0.4, 0.5) is 14.5 Å². The Bertz CT molecular complexity index is 997. The first kappa shape index (κ1) is 20.9. The van der Waals surface area contributed by atoms with E-state index in [1.54, 1.807) is 17.8 Å². The van der Waals surface area contributed by atoms with E-state index >= 15 is 0 Å². The molecule has 1 aliphatic carbocycles. The quantitative estimate of drug-likeness (QED) is 0.646. The van der Waals surface area contributed by atoms with Gasteiger partial charge in [-0.25, -0.2) is 13.5 Å². The molecule has 2 aliphatic rings. The lowest BCUT2D eigenvalue weighted by Gasteiger charge is -2.28. The zero-order valence-corrected chi connectivity index (χ0v) is 17.5. The maximum Gasteiger partial charge on any atom is 0.280 e. The number of pyridine rings is 1. The number of aromatic nitrogens is 2. The normalized spacial score (nSPS) is 22.0. The summed E-state index contributed by atoms with van der Waals surface area (Å²) in [4.78, 5) is 17.4. The average Bonchev–Trinajstić information content (AvgIpc) is 2.99. The van der Waals surface area contributed by atoms with Crippen LogP contribution in [0.5, 0.6) is 0 Å². The van der Waals surface area contributed by atoms with Gasteiger partial charge in [-0.2, -0.15) is 0 Å². The molecule has 1 amide bonds. The zero-order valence-electron chi connectivity index (χ0n) is 16.7. The first-order valence-corrected chi connectivity index (χ1v) is 11.3. The molecule has 1 aliphatic heterocycles. The van der Waals surface area contributed by atoms with Gasteiger partial charge in [0.25, 0.3) is 12.3 Å². The first-order chi connectivity index (χ1) is 14.4. The van der Waals surface area contributed by atoms with E-state index in [2.05, 4.69) is 21.1 Å². The summed E-state index contributed by atoms with van der Waals surface area (Å²) in [6.45, 7) is 0. The maximum atomic E-state index is 13.0. The second-order valence-electron chi connectivity index (χ2n) is 7.80. The summed E-state index contributed by atoms with van der Waals surface area (Å²) in [6.07, 6.45) is 10.4. The van der Waals surface area contributed by atoms with E-state index in [9.17, 15) is 13.6 Å². The summed E-state index contributed by atoms with van der Waals surface area (Å²) in [5.74, 6) is 0.109. The Balaban J connectivity index is 1.61. The molecule has 0 spiro atoms. The van der Waals surface area contributed by atoms with Gasteiger partial charge in [0.15, 0.2) is 0 Å². The number of amides is 1.